The molecule has 0 spiro atoms. The number of ether oxygens (including phenoxy) is 2. The maximum absolute atomic E-state index is 8.81. The minimum atomic E-state index is 0.246. The Morgan fingerprint density at radius 2 is 2.31 bits per heavy atom. The molecular weight excluding hydrogens is 250 g/mol. The van der Waals surface area contributed by atoms with Crippen molar-refractivity contribution in [2.45, 2.75) is 0 Å². The Bertz CT molecular complexity index is 364. The number of aromatic nitrogens is 1. The van der Waals surface area contributed by atoms with Crippen LogP contribution in [0.3, 0.4) is 0 Å². The molecule has 0 unspecified atom stereocenters. The molecule has 1 rings (SSSR count). The Kier molecular flexibility index (Phi) is 6.11. The van der Waals surface area contributed by atoms with Crippen molar-refractivity contribution >= 4 is 28.1 Å². The highest BCUT2D eigenvalue weighted by molar-refractivity contribution is 7.10. The zero-order valence-corrected chi connectivity index (χ0v) is 10.4. The van der Waals surface area contributed by atoms with E-state index in [4.69, 9.17) is 26.3 Å². The van der Waals surface area contributed by atoms with E-state index < -0.39 is 0 Å². The first-order valence-electron chi connectivity index (χ1n) is 4.65. The molecule has 1 aromatic heterocycles. The van der Waals surface area contributed by atoms with Gasteiger partial charge in [-0.2, -0.15) is 9.64 Å². The molecule has 0 aromatic carbocycles. The van der Waals surface area contributed by atoms with Crippen LogP contribution in [0.25, 0.3) is 0 Å². The number of nitriles is 1. The summed E-state index contributed by atoms with van der Waals surface area (Å²) < 4.78 is 14.0. The average molecular weight is 262 g/mol. The van der Waals surface area contributed by atoms with Crippen LogP contribution in [0.15, 0.2) is 0 Å². The van der Waals surface area contributed by atoms with Gasteiger partial charge in [0.15, 0.2) is 5.15 Å². The van der Waals surface area contributed by atoms with E-state index in [2.05, 4.69) is 9.69 Å². The standard InChI is InChI=1S/C9H12ClN3O2S/c1-14-4-5-15-3-2-12-9-7(6-11)8(10)13-16-9/h12H,2-5H2,1H3. The maximum atomic E-state index is 8.81. The molecule has 0 fully saturated rings. The van der Waals surface area contributed by atoms with Gasteiger partial charge >= 0.3 is 0 Å². The van der Waals surface area contributed by atoms with Crippen LogP contribution in [0.4, 0.5) is 5.00 Å². The van der Waals surface area contributed by atoms with Gasteiger partial charge in [-0.15, -0.1) is 0 Å². The second-order valence-electron chi connectivity index (χ2n) is 2.82. The smallest absolute Gasteiger partial charge is 0.162 e. The number of nitrogens with one attached hydrogen (secondary N) is 1. The van der Waals surface area contributed by atoms with Crippen LogP contribution in [-0.4, -0.2) is 37.8 Å². The minimum absolute atomic E-state index is 0.246. The Morgan fingerprint density at radius 3 is 3.00 bits per heavy atom. The van der Waals surface area contributed by atoms with Crippen molar-refractivity contribution in [1.29, 1.82) is 5.26 Å². The second-order valence-corrected chi connectivity index (χ2v) is 3.95. The maximum Gasteiger partial charge on any atom is 0.162 e. The molecule has 0 radical (unpaired) electrons. The monoisotopic (exact) mass is 261 g/mol. The lowest BCUT2D eigenvalue weighted by Gasteiger charge is -2.04. The Hall–Kier alpha value is -0.870. The summed E-state index contributed by atoms with van der Waals surface area (Å²) in [5, 5.41) is 12.8. The van der Waals surface area contributed by atoms with Gasteiger partial charge < -0.3 is 14.8 Å². The largest absolute Gasteiger partial charge is 0.382 e. The van der Waals surface area contributed by atoms with Gasteiger partial charge in [0.25, 0.3) is 0 Å². The van der Waals surface area contributed by atoms with Crippen molar-refractivity contribution in [2.24, 2.45) is 0 Å². The molecule has 88 valence electrons. The van der Waals surface area contributed by atoms with Crippen LogP contribution in [0, 0.1) is 11.3 Å². The zero-order chi connectivity index (χ0) is 11.8. The molecule has 1 aromatic rings. The van der Waals surface area contributed by atoms with Crippen molar-refractivity contribution in [3.63, 3.8) is 0 Å². The molecule has 0 saturated carbocycles. The van der Waals surface area contributed by atoms with E-state index in [1.807, 2.05) is 6.07 Å². The van der Waals surface area contributed by atoms with Gasteiger partial charge in [0.2, 0.25) is 0 Å². The average Bonchev–Trinajstić information content (AvgIpc) is 2.64. The number of rotatable bonds is 7. The van der Waals surface area contributed by atoms with Crippen LogP contribution < -0.4 is 5.32 Å². The SMILES string of the molecule is COCCOCCNc1snc(Cl)c1C#N. The Morgan fingerprint density at radius 1 is 1.50 bits per heavy atom. The van der Waals surface area contributed by atoms with Crippen molar-refractivity contribution in [3.05, 3.63) is 10.7 Å². The van der Waals surface area contributed by atoms with E-state index in [1.165, 1.54) is 11.5 Å². The highest BCUT2D eigenvalue weighted by Crippen LogP contribution is 2.26. The summed E-state index contributed by atoms with van der Waals surface area (Å²) in [5.74, 6) is 0. The van der Waals surface area contributed by atoms with E-state index in [1.54, 1.807) is 7.11 Å². The summed E-state index contributed by atoms with van der Waals surface area (Å²) in [6.45, 7) is 2.29. The summed E-state index contributed by atoms with van der Waals surface area (Å²) in [6, 6.07) is 2.00. The Labute approximate surface area is 103 Å². The van der Waals surface area contributed by atoms with Gasteiger partial charge in [-0.25, -0.2) is 0 Å². The third kappa shape index (κ3) is 3.94. The fourth-order valence-corrected chi connectivity index (χ4v) is 1.93. The molecule has 7 heteroatoms. The topological polar surface area (TPSA) is 67.2 Å². The van der Waals surface area contributed by atoms with Gasteiger partial charge in [-0.1, -0.05) is 11.6 Å². The number of hydrogen-bond donors (Lipinski definition) is 1. The zero-order valence-electron chi connectivity index (χ0n) is 8.83. The number of methoxy groups -OCH3 is 1. The first-order chi connectivity index (χ1) is 7.79. The fourth-order valence-electron chi connectivity index (χ4n) is 0.969. The van der Waals surface area contributed by atoms with E-state index >= 15 is 0 Å². The number of halogens is 1. The summed E-state index contributed by atoms with van der Waals surface area (Å²) in [4.78, 5) is 0. The van der Waals surface area contributed by atoms with E-state index in [9.17, 15) is 0 Å². The lowest BCUT2D eigenvalue weighted by molar-refractivity contribution is 0.0759. The summed E-state index contributed by atoms with van der Waals surface area (Å²) in [7, 11) is 1.63. The molecule has 1 heterocycles. The molecule has 0 aliphatic carbocycles. The normalized spacial score (nSPS) is 10.1. The van der Waals surface area contributed by atoms with Crippen LogP contribution in [-0.2, 0) is 9.47 Å². The molecular formula is C9H12ClN3O2S. The quantitative estimate of drug-likeness (QED) is 0.758. The van der Waals surface area contributed by atoms with Gasteiger partial charge in [0, 0.05) is 13.7 Å². The summed E-state index contributed by atoms with van der Waals surface area (Å²) in [5.41, 5.74) is 0.392. The third-order valence-corrected chi connectivity index (χ3v) is 2.90. The molecule has 16 heavy (non-hydrogen) atoms. The number of anilines is 1. The lowest BCUT2D eigenvalue weighted by atomic mass is 10.4. The van der Waals surface area contributed by atoms with Gasteiger partial charge in [-0.05, 0) is 11.5 Å². The second kappa shape index (κ2) is 7.41. The predicted octanol–water partition coefficient (Wildman–Crippen LogP) is 1.74. The van der Waals surface area contributed by atoms with Gasteiger partial charge in [0.05, 0.1) is 19.8 Å². The molecule has 0 atom stereocenters. The van der Waals surface area contributed by atoms with E-state index in [0.29, 0.717) is 36.9 Å². The first-order valence-corrected chi connectivity index (χ1v) is 5.80. The molecule has 0 aliphatic rings. The predicted molar refractivity (Wildman–Crippen MR) is 63.0 cm³/mol. The van der Waals surface area contributed by atoms with Crippen molar-refractivity contribution in [3.8, 4) is 6.07 Å². The van der Waals surface area contributed by atoms with Crippen molar-refractivity contribution in [1.82, 2.24) is 4.37 Å². The molecule has 0 aliphatic heterocycles. The number of nitrogens with zero attached hydrogens (tertiary/aromatic N) is 2. The van der Waals surface area contributed by atoms with Crippen molar-refractivity contribution < 1.29 is 9.47 Å². The molecule has 5 nitrogen and oxygen atoms in total. The Balaban J connectivity index is 2.25. The van der Waals surface area contributed by atoms with E-state index in [-0.39, 0.29) is 5.15 Å². The first kappa shape index (κ1) is 13.2. The molecule has 0 amide bonds. The van der Waals surface area contributed by atoms with Crippen molar-refractivity contribution in [2.75, 3.05) is 38.8 Å². The van der Waals surface area contributed by atoms with Crippen LogP contribution >= 0.6 is 23.1 Å². The summed E-state index contributed by atoms with van der Waals surface area (Å²) >= 11 is 6.89. The fraction of sp³-hybridized carbons (Fsp3) is 0.556. The third-order valence-electron chi connectivity index (χ3n) is 1.73. The van der Waals surface area contributed by atoms with Gasteiger partial charge in [-0.3, -0.25) is 0 Å². The number of hydrogen-bond acceptors (Lipinski definition) is 6. The van der Waals surface area contributed by atoms with Crippen LogP contribution in [0.5, 0.6) is 0 Å². The van der Waals surface area contributed by atoms with E-state index in [0.717, 1.165) is 0 Å². The molecule has 0 saturated heterocycles. The van der Waals surface area contributed by atoms with Crippen LogP contribution in [0.2, 0.25) is 5.15 Å². The van der Waals surface area contributed by atoms with Crippen LogP contribution in [0.1, 0.15) is 5.56 Å². The summed E-state index contributed by atoms with van der Waals surface area (Å²) in [6.07, 6.45) is 0. The highest BCUT2D eigenvalue weighted by atomic mass is 35.5. The minimum Gasteiger partial charge on any atom is -0.382 e. The molecule has 1 N–H and O–H groups in total. The highest BCUT2D eigenvalue weighted by Gasteiger charge is 2.10. The molecule has 0 bridgehead atoms. The van der Waals surface area contributed by atoms with Gasteiger partial charge in [0.1, 0.15) is 16.6 Å². The lowest BCUT2D eigenvalue weighted by Crippen LogP contribution is -2.11.